The molecule has 6 unspecified atom stereocenters. The van der Waals surface area contributed by atoms with Crippen LogP contribution in [0.15, 0.2) is 0 Å². The average molecular weight is 277 g/mol. The predicted octanol–water partition coefficient (Wildman–Crippen LogP) is -0.138. The van der Waals surface area contributed by atoms with Crippen molar-refractivity contribution in [1.29, 1.82) is 0 Å². The van der Waals surface area contributed by atoms with E-state index in [-0.39, 0.29) is 29.1 Å². The van der Waals surface area contributed by atoms with Gasteiger partial charge in [-0.3, -0.25) is 9.59 Å². The van der Waals surface area contributed by atoms with Crippen LogP contribution in [0.2, 0.25) is 0 Å². The second-order valence-electron chi connectivity index (χ2n) is 3.99. The number of rotatable bonds is 1. The van der Waals surface area contributed by atoms with Gasteiger partial charge in [-0.1, -0.05) is 15.9 Å². The molecule has 3 aliphatic heterocycles. The molecule has 0 spiro atoms. The molecule has 3 heterocycles. The van der Waals surface area contributed by atoms with Crippen LogP contribution in [0.25, 0.3) is 0 Å². The maximum Gasteiger partial charge on any atom is 0.313 e. The van der Waals surface area contributed by atoms with E-state index in [4.69, 9.17) is 9.47 Å². The minimum absolute atomic E-state index is 0.103. The Hall–Kier alpha value is -0.620. The Kier molecular flexibility index (Phi) is 1.88. The van der Waals surface area contributed by atoms with Crippen LogP contribution in [0.5, 0.6) is 0 Å². The van der Waals surface area contributed by atoms with Gasteiger partial charge in [-0.2, -0.15) is 0 Å². The highest BCUT2D eigenvalue weighted by Crippen LogP contribution is 2.52. The van der Waals surface area contributed by atoms with E-state index in [0.29, 0.717) is 0 Å². The average Bonchev–Trinajstić information content (AvgIpc) is 2.80. The zero-order chi connectivity index (χ0) is 10.7. The van der Waals surface area contributed by atoms with Crippen LogP contribution in [-0.4, -0.2) is 42.2 Å². The third-order valence-corrected chi connectivity index (χ3v) is 4.40. The number of carbonyl (C=O) groups excluding carboxylic acids is 2. The van der Waals surface area contributed by atoms with Crippen LogP contribution in [-0.2, 0) is 23.8 Å². The van der Waals surface area contributed by atoms with Crippen LogP contribution in [0.3, 0.4) is 0 Å². The molecule has 0 aromatic heterocycles. The molecule has 5 nitrogen and oxygen atoms in total. The Morgan fingerprint density at radius 1 is 1.40 bits per heavy atom. The number of methoxy groups -OCH3 is 1. The molecule has 0 radical (unpaired) electrons. The van der Waals surface area contributed by atoms with Gasteiger partial charge in [0.25, 0.3) is 0 Å². The molecule has 6 heteroatoms. The Balaban J connectivity index is 1.98. The fraction of sp³-hybridized carbons (Fsp3) is 0.778. The van der Waals surface area contributed by atoms with Crippen molar-refractivity contribution in [2.45, 2.75) is 23.1 Å². The maximum atomic E-state index is 11.6. The molecule has 3 saturated heterocycles. The van der Waals surface area contributed by atoms with E-state index in [0.717, 1.165) is 0 Å². The first kappa shape index (κ1) is 9.59. The van der Waals surface area contributed by atoms with E-state index in [1.54, 1.807) is 0 Å². The number of esters is 2. The van der Waals surface area contributed by atoms with Crippen molar-refractivity contribution in [3.63, 3.8) is 0 Å². The molecule has 3 aliphatic rings. The molecule has 2 bridgehead atoms. The van der Waals surface area contributed by atoms with Crippen molar-refractivity contribution >= 4 is 27.9 Å². The molecule has 0 N–H and O–H groups in total. The Bertz CT molecular complexity index is 343. The summed E-state index contributed by atoms with van der Waals surface area (Å²) >= 11 is 3.40. The SMILES string of the molecule is COC(=O)C1C2OC3C(OC(=O)C31)C2Br. The Labute approximate surface area is 94.2 Å². The molecule has 6 atom stereocenters. The van der Waals surface area contributed by atoms with Gasteiger partial charge in [0, 0.05) is 0 Å². The summed E-state index contributed by atoms with van der Waals surface area (Å²) in [4.78, 5) is 23.0. The monoisotopic (exact) mass is 276 g/mol. The molecular weight excluding hydrogens is 268 g/mol. The lowest BCUT2D eigenvalue weighted by atomic mass is 9.80. The van der Waals surface area contributed by atoms with Gasteiger partial charge in [-0.05, 0) is 0 Å². The first-order chi connectivity index (χ1) is 7.15. The molecule has 0 saturated carbocycles. The summed E-state index contributed by atoms with van der Waals surface area (Å²) in [7, 11) is 1.31. The number of ether oxygens (including phenoxy) is 3. The largest absolute Gasteiger partial charge is 0.469 e. The van der Waals surface area contributed by atoms with Gasteiger partial charge in [-0.25, -0.2) is 0 Å². The van der Waals surface area contributed by atoms with Gasteiger partial charge in [0.15, 0.2) is 0 Å². The molecule has 0 amide bonds. The molecule has 3 fully saturated rings. The van der Waals surface area contributed by atoms with Crippen LogP contribution >= 0.6 is 15.9 Å². The number of fused-ring (bicyclic) bond motifs is 1. The number of halogens is 1. The van der Waals surface area contributed by atoms with Gasteiger partial charge in [0.1, 0.15) is 24.0 Å². The molecule has 3 rings (SSSR count). The molecule has 0 aromatic rings. The van der Waals surface area contributed by atoms with Crippen molar-refractivity contribution in [3.8, 4) is 0 Å². The Morgan fingerprint density at radius 3 is 2.80 bits per heavy atom. The number of hydrogen-bond donors (Lipinski definition) is 0. The van der Waals surface area contributed by atoms with E-state index >= 15 is 0 Å². The van der Waals surface area contributed by atoms with E-state index in [1.165, 1.54) is 7.11 Å². The van der Waals surface area contributed by atoms with E-state index < -0.39 is 17.8 Å². The van der Waals surface area contributed by atoms with Crippen molar-refractivity contribution in [1.82, 2.24) is 0 Å². The molecule has 82 valence electrons. The second-order valence-corrected chi connectivity index (χ2v) is 5.04. The zero-order valence-corrected chi connectivity index (χ0v) is 9.47. The summed E-state index contributed by atoms with van der Waals surface area (Å²) in [5, 5.41) is 0. The van der Waals surface area contributed by atoms with E-state index in [9.17, 15) is 9.59 Å². The van der Waals surface area contributed by atoms with Crippen LogP contribution in [0.4, 0.5) is 0 Å². The minimum atomic E-state index is -0.518. The molecule has 0 aliphatic carbocycles. The smallest absolute Gasteiger partial charge is 0.313 e. The fourth-order valence-electron chi connectivity index (χ4n) is 2.72. The molecule has 0 aromatic carbocycles. The number of alkyl halides is 1. The van der Waals surface area contributed by atoms with Gasteiger partial charge in [-0.15, -0.1) is 0 Å². The fourth-order valence-corrected chi connectivity index (χ4v) is 3.59. The summed E-state index contributed by atoms with van der Waals surface area (Å²) in [5.41, 5.74) is 0. The topological polar surface area (TPSA) is 61.8 Å². The highest BCUT2D eigenvalue weighted by molar-refractivity contribution is 9.09. The van der Waals surface area contributed by atoms with Crippen LogP contribution in [0.1, 0.15) is 0 Å². The number of carbonyl (C=O) groups is 2. The third-order valence-electron chi connectivity index (χ3n) is 3.36. The van der Waals surface area contributed by atoms with E-state index in [1.807, 2.05) is 0 Å². The number of hydrogen-bond acceptors (Lipinski definition) is 5. The van der Waals surface area contributed by atoms with Gasteiger partial charge < -0.3 is 14.2 Å². The Morgan fingerprint density at radius 2 is 2.13 bits per heavy atom. The maximum absolute atomic E-state index is 11.6. The first-order valence-corrected chi connectivity index (χ1v) is 5.64. The third kappa shape index (κ3) is 1.01. The lowest BCUT2D eigenvalue weighted by Gasteiger charge is -2.22. The standard InChI is InChI=1S/C9H9BrO5/c1-13-8(11)2-3-6-7(15-9(3)12)4(10)5(2)14-6/h2-7H,1H3. The van der Waals surface area contributed by atoms with Crippen molar-refractivity contribution < 1.29 is 23.8 Å². The lowest BCUT2D eigenvalue weighted by Crippen LogP contribution is -2.43. The normalized spacial score (nSPS) is 50.7. The quantitative estimate of drug-likeness (QED) is 0.493. The molecule has 15 heavy (non-hydrogen) atoms. The van der Waals surface area contributed by atoms with Crippen molar-refractivity contribution in [2.24, 2.45) is 11.8 Å². The summed E-state index contributed by atoms with van der Waals surface area (Å²) < 4.78 is 15.4. The van der Waals surface area contributed by atoms with Crippen molar-refractivity contribution in [2.75, 3.05) is 7.11 Å². The summed E-state index contributed by atoms with van der Waals surface area (Å²) in [6, 6.07) is 0. The zero-order valence-electron chi connectivity index (χ0n) is 7.88. The molecular formula is C9H9BrO5. The minimum Gasteiger partial charge on any atom is -0.469 e. The predicted molar refractivity (Wildman–Crippen MR) is 50.3 cm³/mol. The van der Waals surface area contributed by atoms with Gasteiger partial charge in [0.2, 0.25) is 0 Å². The first-order valence-electron chi connectivity index (χ1n) is 4.73. The van der Waals surface area contributed by atoms with Crippen LogP contribution < -0.4 is 0 Å². The summed E-state index contributed by atoms with van der Waals surface area (Å²) in [6.07, 6.45) is -0.826. The summed E-state index contributed by atoms with van der Waals surface area (Å²) in [6.45, 7) is 0. The highest BCUT2D eigenvalue weighted by Gasteiger charge is 2.69. The summed E-state index contributed by atoms with van der Waals surface area (Å²) in [5.74, 6) is -1.73. The van der Waals surface area contributed by atoms with E-state index in [2.05, 4.69) is 20.7 Å². The highest BCUT2D eigenvalue weighted by atomic mass is 79.9. The van der Waals surface area contributed by atoms with Crippen molar-refractivity contribution in [3.05, 3.63) is 0 Å². The second kappa shape index (κ2) is 2.95. The van der Waals surface area contributed by atoms with Gasteiger partial charge >= 0.3 is 11.9 Å². The lowest BCUT2D eigenvalue weighted by molar-refractivity contribution is -0.153. The van der Waals surface area contributed by atoms with Gasteiger partial charge in [0.05, 0.1) is 18.0 Å². The van der Waals surface area contributed by atoms with Crippen LogP contribution in [0, 0.1) is 11.8 Å².